The van der Waals surface area contributed by atoms with E-state index in [1.165, 1.54) is 14.2 Å². The maximum atomic E-state index is 11.3. The van der Waals surface area contributed by atoms with Gasteiger partial charge in [-0.3, -0.25) is 0 Å². The number of carbonyl (C=O) groups is 2. The molecule has 0 bridgehead atoms. The molecule has 14 heavy (non-hydrogen) atoms. The summed E-state index contributed by atoms with van der Waals surface area (Å²) in [7, 11) is 2.78. The van der Waals surface area contributed by atoms with Gasteiger partial charge >= 0.3 is 89.1 Å². The van der Waals surface area contributed by atoms with Gasteiger partial charge in [0.1, 0.15) is 0 Å². The average molecular weight is 265 g/mol. The summed E-state index contributed by atoms with van der Waals surface area (Å²) in [5.41, 5.74) is 0. The van der Waals surface area contributed by atoms with Crippen LogP contribution in [0.5, 0.6) is 0 Å². The van der Waals surface area contributed by atoms with Crippen molar-refractivity contribution >= 4 is 26.9 Å². The van der Waals surface area contributed by atoms with Gasteiger partial charge in [-0.25, -0.2) is 0 Å². The molecule has 4 nitrogen and oxygen atoms in total. The second-order valence-electron chi connectivity index (χ2n) is 3.09. The summed E-state index contributed by atoms with van der Waals surface area (Å²) in [6.07, 6.45) is 2.60. The third-order valence-corrected chi connectivity index (χ3v) is 5.36. The van der Waals surface area contributed by atoms with E-state index in [-0.39, 0.29) is 36.5 Å². The zero-order valence-electron chi connectivity index (χ0n) is 8.32. The summed E-state index contributed by atoms with van der Waals surface area (Å²) in [5, 5.41) is 0. The first kappa shape index (κ1) is 11.5. The summed E-state index contributed by atoms with van der Waals surface area (Å²) < 4.78 is 9.35. The van der Waals surface area contributed by atoms with Gasteiger partial charge in [0.05, 0.1) is 0 Å². The van der Waals surface area contributed by atoms with Crippen LogP contribution in [0.1, 0.15) is 19.3 Å². The van der Waals surface area contributed by atoms with Crippen LogP contribution in [0, 0.1) is 0 Å². The minimum absolute atomic E-state index is 0.0154. The van der Waals surface area contributed by atoms with Crippen molar-refractivity contribution in [2.75, 3.05) is 14.2 Å². The van der Waals surface area contributed by atoms with Crippen LogP contribution in [-0.4, -0.2) is 41.1 Å². The molecule has 0 aliphatic carbocycles. The van der Waals surface area contributed by atoms with Crippen LogP contribution < -0.4 is 0 Å². The van der Waals surface area contributed by atoms with Gasteiger partial charge in [0.2, 0.25) is 0 Å². The Balaban J connectivity index is 2.51. The predicted molar refractivity (Wildman–Crippen MR) is 51.1 cm³/mol. The number of hydrogen-bond donors (Lipinski definition) is 0. The third-order valence-electron chi connectivity index (χ3n) is 2.19. The first-order chi connectivity index (χ1) is 6.69. The minimum atomic E-state index is -0.182. The number of ether oxygens (including phenoxy) is 2. The molecule has 2 atom stereocenters. The molecule has 0 N–H and O–H groups in total. The molecule has 1 aliphatic heterocycles. The SMILES string of the molecule is COC(=O)[C@@H]1CCC[C@H](C(=O)OC)[Se]1. The quantitative estimate of drug-likeness (QED) is 0.547. The van der Waals surface area contributed by atoms with Crippen molar-refractivity contribution in [1.29, 1.82) is 0 Å². The van der Waals surface area contributed by atoms with Crippen LogP contribution in [0.15, 0.2) is 0 Å². The van der Waals surface area contributed by atoms with Crippen molar-refractivity contribution in [3.8, 4) is 0 Å². The Kier molecular flexibility index (Phi) is 4.42. The molecule has 0 aromatic heterocycles. The van der Waals surface area contributed by atoms with E-state index >= 15 is 0 Å². The topological polar surface area (TPSA) is 52.6 Å². The van der Waals surface area contributed by atoms with Crippen LogP contribution in [0.3, 0.4) is 0 Å². The van der Waals surface area contributed by atoms with Crippen molar-refractivity contribution in [2.24, 2.45) is 0 Å². The van der Waals surface area contributed by atoms with Crippen LogP contribution >= 0.6 is 0 Å². The van der Waals surface area contributed by atoms with Gasteiger partial charge in [0.15, 0.2) is 0 Å². The Hall–Kier alpha value is -0.541. The van der Waals surface area contributed by atoms with Crippen LogP contribution in [0.25, 0.3) is 0 Å². The van der Waals surface area contributed by atoms with Crippen LogP contribution in [0.4, 0.5) is 0 Å². The second kappa shape index (κ2) is 5.37. The Morgan fingerprint density at radius 1 is 1.07 bits per heavy atom. The van der Waals surface area contributed by atoms with Crippen molar-refractivity contribution in [2.45, 2.75) is 28.9 Å². The van der Waals surface area contributed by atoms with Gasteiger partial charge in [-0.1, -0.05) is 0 Å². The number of methoxy groups -OCH3 is 2. The van der Waals surface area contributed by atoms with Crippen LogP contribution in [-0.2, 0) is 19.1 Å². The molecule has 1 fully saturated rings. The first-order valence-corrected chi connectivity index (χ1v) is 6.48. The van der Waals surface area contributed by atoms with E-state index in [9.17, 15) is 9.59 Å². The zero-order valence-corrected chi connectivity index (χ0v) is 10.0. The Bertz CT molecular complexity index is 207. The van der Waals surface area contributed by atoms with Crippen molar-refractivity contribution in [3.05, 3.63) is 0 Å². The number of hydrogen-bond acceptors (Lipinski definition) is 4. The molecule has 0 radical (unpaired) electrons. The molecule has 0 saturated carbocycles. The van der Waals surface area contributed by atoms with E-state index < -0.39 is 0 Å². The standard InChI is InChI=1S/C9H14O4Se/c1-12-8(10)6-4-3-5-7(14-6)9(11)13-2/h6-7H,3-5H2,1-2H3/t6-,7+. The van der Waals surface area contributed by atoms with Gasteiger partial charge in [0, 0.05) is 0 Å². The van der Waals surface area contributed by atoms with E-state index in [1.54, 1.807) is 0 Å². The van der Waals surface area contributed by atoms with Gasteiger partial charge in [-0.15, -0.1) is 0 Å². The van der Waals surface area contributed by atoms with E-state index in [2.05, 4.69) is 9.47 Å². The van der Waals surface area contributed by atoms with Gasteiger partial charge < -0.3 is 0 Å². The van der Waals surface area contributed by atoms with Crippen LogP contribution in [0.2, 0.25) is 9.63 Å². The molecule has 1 saturated heterocycles. The molecular formula is C9H14O4Se. The molecule has 1 heterocycles. The van der Waals surface area contributed by atoms with Crippen molar-refractivity contribution < 1.29 is 19.1 Å². The van der Waals surface area contributed by atoms with Crippen molar-refractivity contribution in [1.82, 2.24) is 0 Å². The molecule has 5 heteroatoms. The fraction of sp³-hybridized carbons (Fsp3) is 0.778. The van der Waals surface area contributed by atoms with E-state index in [4.69, 9.17) is 0 Å². The Morgan fingerprint density at radius 2 is 1.50 bits per heavy atom. The number of rotatable bonds is 2. The summed E-state index contributed by atoms with van der Waals surface area (Å²) in [4.78, 5) is 22.4. The monoisotopic (exact) mass is 266 g/mol. The fourth-order valence-corrected chi connectivity index (χ4v) is 4.41. The summed E-state index contributed by atoms with van der Waals surface area (Å²) in [5.74, 6) is -0.364. The molecule has 1 rings (SSSR count). The summed E-state index contributed by atoms with van der Waals surface area (Å²) in [6, 6.07) is 0. The second-order valence-corrected chi connectivity index (χ2v) is 6.05. The summed E-state index contributed by atoms with van der Waals surface area (Å²) >= 11 is -0.0154. The summed E-state index contributed by atoms with van der Waals surface area (Å²) in [6.45, 7) is 0. The van der Waals surface area contributed by atoms with Gasteiger partial charge in [0.25, 0.3) is 0 Å². The van der Waals surface area contributed by atoms with E-state index in [0.717, 1.165) is 19.3 Å². The molecule has 1 aliphatic rings. The van der Waals surface area contributed by atoms with Gasteiger partial charge in [-0.05, 0) is 0 Å². The number of carbonyl (C=O) groups excluding carboxylic acids is 2. The van der Waals surface area contributed by atoms with E-state index in [1.807, 2.05) is 0 Å². The molecule has 0 unspecified atom stereocenters. The zero-order chi connectivity index (χ0) is 10.6. The average Bonchev–Trinajstić information content (AvgIpc) is 2.27. The predicted octanol–water partition coefficient (Wildman–Crippen LogP) is 0.797. The molecule has 0 aromatic carbocycles. The molecular weight excluding hydrogens is 251 g/mol. The third kappa shape index (κ3) is 2.72. The maximum absolute atomic E-state index is 11.3. The number of esters is 2. The molecule has 0 spiro atoms. The van der Waals surface area contributed by atoms with E-state index in [0.29, 0.717) is 0 Å². The molecule has 80 valence electrons. The fourth-order valence-electron chi connectivity index (χ4n) is 1.43. The Labute approximate surface area is 89.5 Å². The molecule has 0 amide bonds. The Morgan fingerprint density at radius 3 is 1.86 bits per heavy atom. The first-order valence-electron chi connectivity index (χ1n) is 4.50. The van der Waals surface area contributed by atoms with Gasteiger partial charge in [-0.2, -0.15) is 0 Å². The molecule has 0 aromatic rings. The normalized spacial score (nSPS) is 26.7. The van der Waals surface area contributed by atoms with Crippen molar-refractivity contribution in [3.63, 3.8) is 0 Å².